The third kappa shape index (κ3) is 3.40. The Morgan fingerprint density at radius 2 is 2.13 bits per heavy atom. The number of thioether (sulfide) groups is 1. The van der Waals surface area contributed by atoms with E-state index in [-0.39, 0.29) is 5.91 Å². The average molecular weight is 347 g/mol. The molecule has 0 spiro atoms. The molecule has 0 radical (unpaired) electrons. The fraction of sp³-hybridized carbons (Fsp3) is 0.312. The van der Waals surface area contributed by atoms with E-state index in [0.29, 0.717) is 5.75 Å². The van der Waals surface area contributed by atoms with E-state index in [1.165, 1.54) is 11.3 Å². The minimum atomic E-state index is 0.0424. The van der Waals surface area contributed by atoms with E-state index in [1.807, 2.05) is 38.1 Å². The summed E-state index contributed by atoms with van der Waals surface area (Å²) >= 11 is 3.09. The summed E-state index contributed by atoms with van der Waals surface area (Å²) in [4.78, 5) is 18.5. The van der Waals surface area contributed by atoms with Crippen LogP contribution in [0.1, 0.15) is 17.0 Å². The molecule has 0 aliphatic rings. The molecule has 2 heterocycles. The van der Waals surface area contributed by atoms with Gasteiger partial charge in [0.1, 0.15) is 5.76 Å². The summed E-state index contributed by atoms with van der Waals surface area (Å²) in [7, 11) is 1.77. The van der Waals surface area contributed by atoms with Gasteiger partial charge in [-0.1, -0.05) is 28.6 Å². The van der Waals surface area contributed by atoms with Gasteiger partial charge in [-0.3, -0.25) is 9.69 Å². The molecule has 23 heavy (non-hydrogen) atoms. The number of rotatable bonds is 5. The molecule has 0 saturated carbocycles. The summed E-state index contributed by atoms with van der Waals surface area (Å²) in [5, 5.41) is 4.66. The highest BCUT2D eigenvalue weighted by atomic mass is 32.2. The molecule has 2 aromatic heterocycles. The van der Waals surface area contributed by atoms with Crippen molar-refractivity contribution in [2.45, 2.75) is 19.6 Å². The van der Waals surface area contributed by atoms with Gasteiger partial charge in [-0.25, -0.2) is 4.98 Å². The maximum absolute atomic E-state index is 12.4. The van der Waals surface area contributed by atoms with E-state index in [2.05, 4.69) is 10.1 Å². The topological polar surface area (TPSA) is 59.2 Å². The zero-order valence-corrected chi connectivity index (χ0v) is 14.8. The highest BCUT2D eigenvalue weighted by Gasteiger charge is 2.16. The number of carbonyl (C=O) groups excluding carboxylic acids is 1. The van der Waals surface area contributed by atoms with E-state index in [0.717, 1.165) is 38.1 Å². The van der Waals surface area contributed by atoms with Crippen molar-refractivity contribution < 1.29 is 9.32 Å². The molecular weight excluding hydrogens is 330 g/mol. The largest absolute Gasteiger partial charge is 0.361 e. The molecule has 0 atom stereocenters. The Morgan fingerprint density at radius 1 is 1.35 bits per heavy atom. The second-order valence-electron chi connectivity index (χ2n) is 5.21. The fourth-order valence-electron chi connectivity index (χ4n) is 2.16. The van der Waals surface area contributed by atoms with Crippen molar-refractivity contribution in [3.05, 3.63) is 41.3 Å². The highest BCUT2D eigenvalue weighted by Crippen LogP contribution is 2.28. The Morgan fingerprint density at radius 3 is 2.83 bits per heavy atom. The van der Waals surface area contributed by atoms with Crippen LogP contribution in [-0.2, 0) is 10.5 Å². The van der Waals surface area contributed by atoms with Crippen LogP contribution >= 0.6 is 23.1 Å². The molecule has 0 aliphatic heterocycles. The standard InChI is InChI=1S/C16H17N3O2S2/c1-10-12(11(2)21-18-10)8-22-9-15(20)19(3)16-17-13-6-4-5-7-14(13)23-16/h4-7H,8-9H2,1-3H3. The lowest BCUT2D eigenvalue weighted by atomic mass is 10.2. The molecule has 120 valence electrons. The molecule has 0 N–H and O–H groups in total. The molecule has 0 aliphatic carbocycles. The molecule has 0 bridgehead atoms. The second-order valence-corrected chi connectivity index (χ2v) is 7.21. The molecule has 0 saturated heterocycles. The van der Waals surface area contributed by atoms with Crippen LogP contribution in [0.15, 0.2) is 28.8 Å². The number of para-hydroxylation sites is 1. The number of benzene rings is 1. The molecule has 0 unspecified atom stereocenters. The first-order chi connectivity index (χ1) is 11.1. The van der Waals surface area contributed by atoms with Gasteiger partial charge in [0.15, 0.2) is 5.13 Å². The van der Waals surface area contributed by atoms with Crippen LogP contribution < -0.4 is 4.90 Å². The van der Waals surface area contributed by atoms with Crippen molar-refractivity contribution >= 4 is 44.4 Å². The normalized spacial score (nSPS) is 11.1. The molecule has 3 aromatic rings. The summed E-state index contributed by atoms with van der Waals surface area (Å²) in [6.07, 6.45) is 0. The smallest absolute Gasteiger partial charge is 0.238 e. The number of hydrogen-bond acceptors (Lipinski definition) is 6. The van der Waals surface area contributed by atoms with Crippen LogP contribution in [-0.4, -0.2) is 28.8 Å². The number of aromatic nitrogens is 2. The van der Waals surface area contributed by atoms with E-state index in [4.69, 9.17) is 4.52 Å². The molecule has 0 fully saturated rings. The Labute approximate surface area is 142 Å². The van der Waals surface area contributed by atoms with Gasteiger partial charge in [-0.2, -0.15) is 0 Å². The molecule has 1 aromatic carbocycles. The minimum Gasteiger partial charge on any atom is -0.361 e. The predicted molar refractivity (Wildman–Crippen MR) is 95.2 cm³/mol. The Bertz CT molecular complexity index is 788. The van der Waals surface area contributed by atoms with Gasteiger partial charge in [0.25, 0.3) is 0 Å². The zero-order chi connectivity index (χ0) is 16.4. The van der Waals surface area contributed by atoms with E-state index < -0.39 is 0 Å². The Kier molecular flexibility index (Phi) is 4.68. The second kappa shape index (κ2) is 6.72. The lowest BCUT2D eigenvalue weighted by molar-refractivity contribution is -0.115. The molecule has 1 amide bonds. The van der Waals surface area contributed by atoms with Crippen molar-refractivity contribution in [3.8, 4) is 0 Å². The minimum absolute atomic E-state index is 0.0424. The summed E-state index contributed by atoms with van der Waals surface area (Å²) < 4.78 is 6.22. The number of carbonyl (C=O) groups is 1. The number of nitrogens with zero attached hydrogens (tertiary/aromatic N) is 3. The zero-order valence-electron chi connectivity index (χ0n) is 13.2. The van der Waals surface area contributed by atoms with Crippen molar-refractivity contribution in [3.63, 3.8) is 0 Å². The monoisotopic (exact) mass is 347 g/mol. The number of hydrogen-bond donors (Lipinski definition) is 0. The third-order valence-corrected chi connectivity index (χ3v) is 5.65. The number of fused-ring (bicyclic) bond motifs is 1. The maximum Gasteiger partial charge on any atom is 0.238 e. The summed E-state index contributed by atoms with van der Waals surface area (Å²) in [6, 6.07) is 7.90. The molecule has 5 nitrogen and oxygen atoms in total. The van der Waals surface area contributed by atoms with Crippen molar-refractivity contribution in [1.82, 2.24) is 10.1 Å². The van der Waals surface area contributed by atoms with Crippen LogP contribution in [0.3, 0.4) is 0 Å². The first-order valence-electron chi connectivity index (χ1n) is 7.18. The predicted octanol–water partition coefficient (Wildman–Crippen LogP) is 3.80. The SMILES string of the molecule is Cc1noc(C)c1CSCC(=O)N(C)c1nc2ccccc2s1. The average Bonchev–Trinajstić information content (AvgIpc) is 3.11. The van der Waals surface area contributed by atoms with E-state index >= 15 is 0 Å². The van der Waals surface area contributed by atoms with Crippen molar-refractivity contribution in [2.75, 3.05) is 17.7 Å². The summed E-state index contributed by atoms with van der Waals surface area (Å²) in [5.74, 6) is 1.99. The maximum atomic E-state index is 12.4. The van der Waals surface area contributed by atoms with Gasteiger partial charge < -0.3 is 4.52 Å². The lowest BCUT2D eigenvalue weighted by Crippen LogP contribution is -2.27. The van der Waals surface area contributed by atoms with Crippen LogP contribution in [0.5, 0.6) is 0 Å². The molecule has 3 rings (SSSR count). The Hall–Kier alpha value is -1.86. The van der Waals surface area contributed by atoms with Crippen LogP contribution in [0, 0.1) is 13.8 Å². The summed E-state index contributed by atoms with van der Waals surface area (Å²) in [6.45, 7) is 3.81. The number of aryl methyl sites for hydroxylation is 2. The first-order valence-corrected chi connectivity index (χ1v) is 9.15. The summed E-state index contributed by atoms with van der Waals surface area (Å²) in [5.41, 5.74) is 2.89. The van der Waals surface area contributed by atoms with Gasteiger partial charge in [0.2, 0.25) is 5.91 Å². The van der Waals surface area contributed by atoms with Crippen molar-refractivity contribution in [2.24, 2.45) is 0 Å². The van der Waals surface area contributed by atoms with Crippen LogP contribution in [0.4, 0.5) is 5.13 Å². The van der Waals surface area contributed by atoms with Crippen molar-refractivity contribution in [1.29, 1.82) is 0 Å². The van der Waals surface area contributed by atoms with Gasteiger partial charge in [-0.15, -0.1) is 11.8 Å². The Balaban J connectivity index is 1.61. The van der Waals surface area contributed by atoms with Gasteiger partial charge in [-0.05, 0) is 26.0 Å². The van der Waals surface area contributed by atoms with E-state index in [9.17, 15) is 4.79 Å². The van der Waals surface area contributed by atoms with Gasteiger partial charge in [0, 0.05) is 18.4 Å². The lowest BCUT2D eigenvalue weighted by Gasteiger charge is -2.13. The molecule has 7 heteroatoms. The highest BCUT2D eigenvalue weighted by molar-refractivity contribution is 7.99. The van der Waals surface area contributed by atoms with Crippen LogP contribution in [0.25, 0.3) is 10.2 Å². The van der Waals surface area contributed by atoms with E-state index in [1.54, 1.807) is 23.7 Å². The number of amides is 1. The van der Waals surface area contributed by atoms with Gasteiger partial charge in [0.05, 0.1) is 21.7 Å². The van der Waals surface area contributed by atoms with Crippen LogP contribution in [0.2, 0.25) is 0 Å². The van der Waals surface area contributed by atoms with Gasteiger partial charge >= 0.3 is 0 Å². The number of thiazole rings is 1. The number of anilines is 1. The third-order valence-electron chi connectivity index (χ3n) is 3.60. The quantitative estimate of drug-likeness (QED) is 0.702. The molecular formula is C16H17N3O2S2. The fourth-order valence-corrected chi connectivity index (χ4v) is 4.19. The first kappa shape index (κ1) is 16.0.